The molecule has 0 aliphatic carbocycles. The molecular weight excluding hydrogens is 162 g/mol. The Morgan fingerprint density at radius 3 is 2.75 bits per heavy atom. The molecule has 1 aliphatic rings. The fraction of sp³-hybridized carbons (Fsp3) is 0.714. The van der Waals surface area contributed by atoms with Crippen molar-refractivity contribution in [3.05, 3.63) is 0 Å². The monoisotopic (exact) mass is 173 g/mol. The topological polar surface area (TPSA) is 55.8 Å². The van der Waals surface area contributed by atoms with E-state index < -0.39 is 12.0 Å². The molecule has 0 aromatic rings. The zero-order chi connectivity index (χ0) is 9.14. The summed E-state index contributed by atoms with van der Waals surface area (Å²) in [6, 6.07) is -0.563. The summed E-state index contributed by atoms with van der Waals surface area (Å²) in [6.07, 6.45) is 0.812. The number of carbonyl (C=O) groups is 2. The van der Waals surface area contributed by atoms with Crippen LogP contribution in [0.2, 0.25) is 0 Å². The Morgan fingerprint density at radius 2 is 2.25 bits per heavy atom. The van der Waals surface area contributed by atoms with Gasteiger partial charge in [-0.15, -0.1) is 0 Å². The normalized spacial score (nSPS) is 23.0. The first-order valence-corrected chi connectivity index (χ1v) is 3.64. The summed E-state index contributed by atoms with van der Waals surface area (Å²) in [6.45, 7) is 0. The summed E-state index contributed by atoms with van der Waals surface area (Å²) in [4.78, 5) is 26.8. The van der Waals surface area contributed by atoms with Gasteiger partial charge in [-0.3, -0.25) is 9.63 Å². The molecule has 12 heavy (non-hydrogen) atoms. The van der Waals surface area contributed by atoms with E-state index in [2.05, 4.69) is 4.74 Å². The van der Waals surface area contributed by atoms with Gasteiger partial charge in [-0.25, -0.2) is 9.86 Å². The fourth-order valence-corrected chi connectivity index (χ4v) is 1.24. The lowest BCUT2D eigenvalue weighted by molar-refractivity contribution is -0.187. The molecule has 0 aromatic carbocycles. The van der Waals surface area contributed by atoms with E-state index in [1.165, 1.54) is 14.2 Å². The first-order chi connectivity index (χ1) is 5.70. The number of amides is 1. The van der Waals surface area contributed by atoms with Crippen molar-refractivity contribution in [1.29, 1.82) is 0 Å². The summed E-state index contributed by atoms with van der Waals surface area (Å²) in [5.41, 5.74) is 0. The summed E-state index contributed by atoms with van der Waals surface area (Å²) in [5, 5.41) is 1.06. The number of rotatable bonds is 2. The first-order valence-electron chi connectivity index (χ1n) is 3.64. The van der Waals surface area contributed by atoms with Crippen LogP contribution < -0.4 is 0 Å². The van der Waals surface area contributed by atoms with Gasteiger partial charge in [-0.2, -0.15) is 0 Å². The standard InChI is InChI=1S/C7H11NO4/c1-11-7(10)5-3-4-6(9)8(5)12-2/h5H,3-4H2,1-2H3. The largest absolute Gasteiger partial charge is 0.467 e. The quantitative estimate of drug-likeness (QED) is 0.538. The Kier molecular flexibility index (Phi) is 2.65. The van der Waals surface area contributed by atoms with Gasteiger partial charge in [0.25, 0.3) is 0 Å². The lowest BCUT2D eigenvalue weighted by Crippen LogP contribution is -2.38. The molecular formula is C7H11NO4. The van der Waals surface area contributed by atoms with Crippen LogP contribution in [0, 0.1) is 0 Å². The number of esters is 1. The second-order valence-electron chi connectivity index (χ2n) is 2.48. The third-order valence-electron chi connectivity index (χ3n) is 1.83. The van der Waals surface area contributed by atoms with Crippen molar-refractivity contribution in [2.75, 3.05) is 14.2 Å². The fourth-order valence-electron chi connectivity index (χ4n) is 1.24. The number of ether oxygens (including phenoxy) is 1. The molecule has 0 aromatic heterocycles. The molecule has 1 aliphatic heterocycles. The number of hydrogen-bond donors (Lipinski definition) is 0. The molecule has 0 spiro atoms. The van der Waals surface area contributed by atoms with Gasteiger partial charge in [0.05, 0.1) is 14.2 Å². The Bertz CT molecular complexity index is 204. The maximum absolute atomic E-state index is 11.0. The van der Waals surface area contributed by atoms with Crippen LogP contribution in [0.25, 0.3) is 0 Å². The predicted octanol–water partition coefficient (Wildman–Crippen LogP) is -0.288. The lowest BCUT2D eigenvalue weighted by Gasteiger charge is -2.18. The average Bonchev–Trinajstić information content (AvgIpc) is 2.45. The van der Waals surface area contributed by atoms with E-state index >= 15 is 0 Å². The van der Waals surface area contributed by atoms with Crippen LogP contribution in [-0.2, 0) is 19.2 Å². The smallest absolute Gasteiger partial charge is 0.331 e. The number of nitrogens with zero attached hydrogens (tertiary/aromatic N) is 1. The summed E-state index contributed by atoms with van der Waals surface area (Å²) in [5.74, 6) is -0.601. The van der Waals surface area contributed by atoms with Gasteiger partial charge in [-0.05, 0) is 6.42 Å². The van der Waals surface area contributed by atoms with E-state index in [1.54, 1.807) is 0 Å². The SMILES string of the molecule is COC(=O)C1CCC(=O)N1OC. The molecule has 0 N–H and O–H groups in total. The average molecular weight is 173 g/mol. The molecule has 5 heteroatoms. The van der Waals surface area contributed by atoms with E-state index in [-0.39, 0.29) is 5.91 Å². The van der Waals surface area contributed by atoms with Gasteiger partial charge in [-0.1, -0.05) is 0 Å². The number of hydroxylamine groups is 2. The Hall–Kier alpha value is -1.10. The van der Waals surface area contributed by atoms with Crippen molar-refractivity contribution >= 4 is 11.9 Å². The van der Waals surface area contributed by atoms with Gasteiger partial charge in [0.15, 0.2) is 6.04 Å². The first kappa shape index (κ1) is 8.99. The van der Waals surface area contributed by atoms with Crippen molar-refractivity contribution < 1.29 is 19.2 Å². The number of methoxy groups -OCH3 is 1. The summed E-state index contributed by atoms with van der Waals surface area (Å²) >= 11 is 0. The molecule has 1 rings (SSSR count). The van der Waals surface area contributed by atoms with Crippen molar-refractivity contribution in [2.24, 2.45) is 0 Å². The number of carbonyl (C=O) groups excluding carboxylic acids is 2. The molecule has 1 saturated heterocycles. The molecule has 5 nitrogen and oxygen atoms in total. The maximum Gasteiger partial charge on any atom is 0.331 e. The highest BCUT2D eigenvalue weighted by molar-refractivity contribution is 5.87. The summed E-state index contributed by atoms with van der Waals surface area (Å²) in [7, 11) is 2.65. The van der Waals surface area contributed by atoms with Crippen molar-refractivity contribution in [1.82, 2.24) is 5.06 Å². The van der Waals surface area contributed by atoms with E-state index in [1.807, 2.05) is 0 Å². The van der Waals surface area contributed by atoms with Gasteiger partial charge >= 0.3 is 5.97 Å². The van der Waals surface area contributed by atoms with Crippen LogP contribution in [0.3, 0.4) is 0 Å². The molecule has 0 bridgehead atoms. The minimum atomic E-state index is -0.563. The minimum absolute atomic E-state index is 0.173. The van der Waals surface area contributed by atoms with Crippen molar-refractivity contribution in [3.8, 4) is 0 Å². The Balaban J connectivity index is 2.66. The van der Waals surface area contributed by atoms with Gasteiger partial charge in [0.2, 0.25) is 5.91 Å². The van der Waals surface area contributed by atoms with Crippen LogP contribution in [-0.4, -0.2) is 37.2 Å². The third-order valence-corrected chi connectivity index (χ3v) is 1.83. The van der Waals surface area contributed by atoms with Crippen molar-refractivity contribution in [3.63, 3.8) is 0 Å². The highest BCUT2D eigenvalue weighted by Crippen LogP contribution is 2.19. The van der Waals surface area contributed by atoms with E-state index in [9.17, 15) is 9.59 Å². The van der Waals surface area contributed by atoms with E-state index in [0.717, 1.165) is 5.06 Å². The third kappa shape index (κ3) is 1.40. The summed E-state index contributed by atoms with van der Waals surface area (Å²) < 4.78 is 4.50. The molecule has 0 saturated carbocycles. The second kappa shape index (κ2) is 3.53. The molecule has 1 amide bonds. The molecule has 1 heterocycles. The van der Waals surface area contributed by atoms with Crippen LogP contribution in [0.4, 0.5) is 0 Å². The zero-order valence-electron chi connectivity index (χ0n) is 7.07. The predicted molar refractivity (Wildman–Crippen MR) is 38.9 cm³/mol. The van der Waals surface area contributed by atoms with Gasteiger partial charge in [0.1, 0.15) is 0 Å². The van der Waals surface area contributed by atoms with Crippen LogP contribution in [0.5, 0.6) is 0 Å². The van der Waals surface area contributed by atoms with Crippen molar-refractivity contribution in [2.45, 2.75) is 18.9 Å². The second-order valence-corrected chi connectivity index (χ2v) is 2.48. The van der Waals surface area contributed by atoms with Gasteiger partial charge in [0, 0.05) is 6.42 Å². The number of hydrogen-bond acceptors (Lipinski definition) is 4. The minimum Gasteiger partial charge on any atom is -0.467 e. The molecule has 1 atom stereocenters. The Labute approximate surface area is 70.2 Å². The van der Waals surface area contributed by atoms with Crippen LogP contribution in [0.1, 0.15) is 12.8 Å². The van der Waals surface area contributed by atoms with Gasteiger partial charge < -0.3 is 4.74 Å². The van der Waals surface area contributed by atoms with E-state index in [4.69, 9.17) is 4.84 Å². The maximum atomic E-state index is 11.0. The van der Waals surface area contributed by atoms with Crippen LogP contribution >= 0.6 is 0 Å². The molecule has 1 unspecified atom stereocenters. The molecule has 1 fully saturated rings. The van der Waals surface area contributed by atoms with Crippen LogP contribution in [0.15, 0.2) is 0 Å². The Morgan fingerprint density at radius 1 is 1.58 bits per heavy atom. The van der Waals surface area contributed by atoms with E-state index in [0.29, 0.717) is 12.8 Å². The lowest BCUT2D eigenvalue weighted by atomic mass is 10.2. The molecule has 68 valence electrons. The molecule has 0 radical (unpaired) electrons. The highest BCUT2D eigenvalue weighted by Gasteiger charge is 2.37. The highest BCUT2D eigenvalue weighted by atomic mass is 16.7. The zero-order valence-corrected chi connectivity index (χ0v) is 7.07.